The second kappa shape index (κ2) is 8.90. The van der Waals surface area contributed by atoms with Gasteiger partial charge < -0.3 is 23.8 Å². The number of nitrogens with zero attached hydrogens (tertiary/aromatic N) is 1. The maximum atomic E-state index is 12.3. The van der Waals surface area contributed by atoms with Crippen LogP contribution in [0.2, 0.25) is 0 Å². The van der Waals surface area contributed by atoms with Gasteiger partial charge in [-0.3, -0.25) is 0 Å². The monoisotopic (exact) mass is 447 g/mol. The van der Waals surface area contributed by atoms with E-state index in [-0.39, 0.29) is 24.6 Å². The molecular weight excluding hydrogens is 430 g/mol. The number of benzene rings is 2. The summed E-state index contributed by atoms with van der Waals surface area (Å²) in [6.07, 6.45) is 0. The molecule has 0 aromatic heterocycles. The van der Waals surface area contributed by atoms with Gasteiger partial charge in [0.05, 0.1) is 26.4 Å². The van der Waals surface area contributed by atoms with Crippen LogP contribution < -0.4 is 9.64 Å². The van der Waals surface area contributed by atoms with Crippen LogP contribution in [0.25, 0.3) is 0 Å². The summed E-state index contributed by atoms with van der Waals surface area (Å²) in [7, 11) is 2.50. The third kappa shape index (κ3) is 4.35. The summed E-state index contributed by atoms with van der Waals surface area (Å²) in [6, 6.07) is 14.5. The van der Waals surface area contributed by atoms with Crippen LogP contribution >= 0.6 is 15.9 Å². The Morgan fingerprint density at radius 2 is 1.50 bits per heavy atom. The van der Waals surface area contributed by atoms with E-state index in [2.05, 4.69) is 15.9 Å². The van der Waals surface area contributed by atoms with Crippen molar-refractivity contribution >= 4 is 33.6 Å². The highest BCUT2D eigenvalue weighted by atomic mass is 79.9. The molecule has 28 heavy (non-hydrogen) atoms. The fraction of sp³-hybridized carbons (Fsp3) is 0.200. The quantitative estimate of drug-likeness (QED) is 0.647. The highest BCUT2D eigenvalue weighted by Crippen LogP contribution is 2.30. The first kappa shape index (κ1) is 19.9. The van der Waals surface area contributed by atoms with Crippen LogP contribution in [0.5, 0.6) is 11.5 Å². The van der Waals surface area contributed by atoms with Gasteiger partial charge in [-0.2, -0.15) is 0 Å². The molecule has 0 radical (unpaired) electrons. The number of esters is 2. The Morgan fingerprint density at radius 3 is 2.07 bits per heavy atom. The zero-order chi connectivity index (χ0) is 20.1. The van der Waals surface area contributed by atoms with Crippen molar-refractivity contribution in [1.82, 2.24) is 0 Å². The molecule has 0 atom stereocenters. The van der Waals surface area contributed by atoms with Crippen molar-refractivity contribution in [2.75, 3.05) is 32.5 Å². The maximum absolute atomic E-state index is 12.3. The molecule has 1 aliphatic rings. The van der Waals surface area contributed by atoms with Crippen LogP contribution in [0.15, 0.2) is 64.3 Å². The molecule has 0 spiro atoms. The summed E-state index contributed by atoms with van der Waals surface area (Å²) in [5, 5.41) is 0. The normalized spacial score (nSPS) is 13.9. The van der Waals surface area contributed by atoms with Gasteiger partial charge in [0.1, 0.15) is 23.9 Å². The van der Waals surface area contributed by atoms with Crippen LogP contribution in [-0.4, -0.2) is 39.5 Å². The lowest BCUT2D eigenvalue weighted by Crippen LogP contribution is -2.38. The molecule has 0 bridgehead atoms. The summed E-state index contributed by atoms with van der Waals surface area (Å²) >= 11 is 3.38. The van der Waals surface area contributed by atoms with Gasteiger partial charge in [0.25, 0.3) is 0 Å². The first-order chi connectivity index (χ1) is 13.5. The van der Waals surface area contributed by atoms with Crippen molar-refractivity contribution in [3.05, 3.63) is 64.3 Å². The first-order valence-electron chi connectivity index (χ1n) is 8.32. The number of rotatable bonds is 5. The predicted molar refractivity (Wildman–Crippen MR) is 105 cm³/mol. The minimum atomic E-state index is -0.640. The zero-order valence-electron chi connectivity index (χ0n) is 15.3. The molecule has 0 aliphatic carbocycles. The maximum Gasteiger partial charge on any atom is 0.355 e. The summed E-state index contributed by atoms with van der Waals surface area (Å²) < 4.78 is 21.8. The second-order valence-corrected chi connectivity index (χ2v) is 6.68. The molecule has 2 aromatic carbocycles. The molecule has 0 amide bonds. The number of hydrogen-bond donors (Lipinski definition) is 0. The van der Waals surface area contributed by atoms with Gasteiger partial charge in [-0.25, -0.2) is 9.59 Å². The molecule has 0 saturated carbocycles. The molecule has 0 fully saturated rings. The van der Waals surface area contributed by atoms with Crippen molar-refractivity contribution in [2.45, 2.75) is 0 Å². The lowest BCUT2D eigenvalue weighted by Gasteiger charge is -2.31. The smallest absolute Gasteiger partial charge is 0.355 e. The van der Waals surface area contributed by atoms with Crippen LogP contribution in [-0.2, 0) is 23.8 Å². The SMILES string of the molecule is COC(=O)C1=C(C(=O)OC)N(c2ccc(Oc3ccc(Br)cc3)cc2)COC1. The Bertz CT molecular complexity index is 892. The predicted octanol–water partition coefficient (Wildman–Crippen LogP) is 3.64. The Balaban J connectivity index is 1.87. The minimum Gasteiger partial charge on any atom is -0.466 e. The third-order valence-corrected chi connectivity index (χ3v) is 4.56. The fourth-order valence-electron chi connectivity index (χ4n) is 2.68. The van der Waals surface area contributed by atoms with E-state index in [0.717, 1.165) is 4.47 Å². The molecule has 0 unspecified atom stereocenters. The molecule has 7 nitrogen and oxygen atoms in total. The summed E-state index contributed by atoms with van der Waals surface area (Å²) in [4.78, 5) is 25.9. The van der Waals surface area contributed by atoms with Crippen LogP contribution in [0.1, 0.15) is 0 Å². The van der Waals surface area contributed by atoms with Gasteiger partial charge in [-0.15, -0.1) is 0 Å². The average molecular weight is 448 g/mol. The number of halogens is 1. The van der Waals surface area contributed by atoms with Crippen molar-refractivity contribution in [3.8, 4) is 11.5 Å². The fourth-order valence-corrected chi connectivity index (χ4v) is 2.94. The molecule has 0 saturated heterocycles. The zero-order valence-corrected chi connectivity index (χ0v) is 16.9. The van der Waals surface area contributed by atoms with Gasteiger partial charge >= 0.3 is 11.9 Å². The van der Waals surface area contributed by atoms with E-state index in [9.17, 15) is 9.59 Å². The Morgan fingerprint density at radius 1 is 0.929 bits per heavy atom. The summed E-state index contributed by atoms with van der Waals surface area (Å²) in [5.41, 5.74) is 0.850. The van der Waals surface area contributed by atoms with E-state index >= 15 is 0 Å². The van der Waals surface area contributed by atoms with Crippen molar-refractivity contribution in [3.63, 3.8) is 0 Å². The minimum absolute atomic E-state index is 0.0294. The second-order valence-electron chi connectivity index (χ2n) is 5.77. The van der Waals surface area contributed by atoms with Crippen LogP contribution in [0.4, 0.5) is 5.69 Å². The number of carbonyl (C=O) groups excluding carboxylic acids is 2. The van der Waals surface area contributed by atoms with E-state index in [4.69, 9.17) is 18.9 Å². The number of ether oxygens (including phenoxy) is 4. The third-order valence-electron chi connectivity index (χ3n) is 4.03. The standard InChI is InChI=1S/C20H18BrNO6/c1-25-19(23)17-11-27-12-22(18(17)20(24)26-2)14-5-9-16(10-6-14)28-15-7-3-13(21)4-8-15/h3-10H,11-12H2,1-2H3. The largest absolute Gasteiger partial charge is 0.466 e. The highest BCUT2D eigenvalue weighted by molar-refractivity contribution is 9.10. The summed E-state index contributed by atoms with van der Waals surface area (Å²) in [5.74, 6) is 0.0420. The van der Waals surface area contributed by atoms with E-state index in [0.29, 0.717) is 17.2 Å². The molecular formula is C20H18BrNO6. The lowest BCUT2D eigenvalue weighted by atomic mass is 10.1. The Hall–Kier alpha value is -2.84. The van der Waals surface area contributed by atoms with Gasteiger partial charge in [0.2, 0.25) is 0 Å². The van der Waals surface area contributed by atoms with Gasteiger partial charge in [-0.05, 0) is 48.5 Å². The molecule has 146 valence electrons. The molecule has 1 aliphatic heterocycles. The summed E-state index contributed by atoms with van der Waals surface area (Å²) in [6.45, 7) is 0.0657. The van der Waals surface area contributed by atoms with Crippen molar-refractivity contribution in [2.24, 2.45) is 0 Å². The van der Waals surface area contributed by atoms with Gasteiger partial charge in [0, 0.05) is 10.2 Å². The van der Waals surface area contributed by atoms with Crippen LogP contribution in [0, 0.1) is 0 Å². The average Bonchev–Trinajstić information content (AvgIpc) is 2.74. The Kier molecular flexibility index (Phi) is 6.33. The molecule has 3 rings (SSSR count). The lowest BCUT2D eigenvalue weighted by molar-refractivity contribution is -0.140. The number of anilines is 1. The van der Waals surface area contributed by atoms with E-state index in [1.54, 1.807) is 29.2 Å². The van der Waals surface area contributed by atoms with E-state index < -0.39 is 11.9 Å². The van der Waals surface area contributed by atoms with Crippen LogP contribution in [0.3, 0.4) is 0 Å². The first-order valence-corrected chi connectivity index (χ1v) is 9.11. The molecule has 2 aromatic rings. The topological polar surface area (TPSA) is 74.3 Å². The number of carbonyl (C=O) groups is 2. The van der Waals surface area contributed by atoms with E-state index in [1.165, 1.54) is 14.2 Å². The Labute approximate surface area is 170 Å². The molecule has 8 heteroatoms. The highest BCUT2D eigenvalue weighted by Gasteiger charge is 2.32. The van der Waals surface area contributed by atoms with Gasteiger partial charge in [0.15, 0.2) is 0 Å². The molecule has 0 N–H and O–H groups in total. The number of hydrogen-bond acceptors (Lipinski definition) is 7. The molecule has 1 heterocycles. The van der Waals surface area contributed by atoms with Crippen molar-refractivity contribution < 1.29 is 28.5 Å². The van der Waals surface area contributed by atoms with E-state index in [1.807, 2.05) is 24.3 Å². The van der Waals surface area contributed by atoms with Gasteiger partial charge in [-0.1, -0.05) is 15.9 Å². The van der Waals surface area contributed by atoms with Crippen molar-refractivity contribution in [1.29, 1.82) is 0 Å². The number of methoxy groups -OCH3 is 2.